The summed E-state index contributed by atoms with van der Waals surface area (Å²) < 4.78 is 27.4. The molecule has 2 rings (SSSR count). The Morgan fingerprint density at radius 1 is 1.35 bits per heavy atom. The largest absolute Gasteiger partial charge is 0.376 e. The highest BCUT2D eigenvalue weighted by molar-refractivity contribution is 8.13. The number of aryl methyl sites for hydroxylation is 1. The van der Waals surface area contributed by atoms with Crippen molar-refractivity contribution < 1.29 is 13.2 Å². The van der Waals surface area contributed by atoms with E-state index in [-0.39, 0.29) is 17.8 Å². The van der Waals surface area contributed by atoms with E-state index in [1.807, 2.05) is 6.92 Å². The second kappa shape index (κ2) is 4.96. The number of ether oxygens (including phenoxy) is 1. The predicted octanol–water partition coefficient (Wildman–Crippen LogP) is 2.44. The van der Waals surface area contributed by atoms with Gasteiger partial charge >= 0.3 is 0 Å². The number of halogens is 1. The maximum atomic E-state index is 11.0. The minimum atomic E-state index is -3.47. The molecule has 5 heteroatoms. The quantitative estimate of drug-likeness (QED) is 0.795. The number of hydrogen-bond acceptors (Lipinski definition) is 3. The Labute approximate surface area is 106 Å². The molecule has 0 spiro atoms. The molecule has 0 aromatic heterocycles. The van der Waals surface area contributed by atoms with Gasteiger partial charge in [-0.2, -0.15) is 0 Å². The molecule has 2 atom stereocenters. The number of benzene rings is 1. The van der Waals surface area contributed by atoms with Crippen LogP contribution in [0.15, 0.2) is 24.3 Å². The molecule has 1 aromatic carbocycles. The smallest absolute Gasteiger partial charge is 0.235 e. The monoisotopic (exact) mass is 274 g/mol. The summed E-state index contributed by atoms with van der Waals surface area (Å²) in [6.45, 7) is 2.61. The van der Waals surface area contributed by atoms with E-state index in [1.54, 1.807) is 0 Å². The van der Waals surface area contributed by atoms with E-state index >= 15 is 0 Å². The maximum Gasteiger partial charge on any atom is 0.235 e. The van der Waals surface area contributed by atoms with E-state index in [0.29, 0.717) is 6.61 Å². The normalized spacial score (nSPS) is 25.1. The fraction of sp³-hybridized carbons (Fsp3) is 0.500. The molecule has 1 saturated heterocycles. The van der Waals surface area contributed by atoms with Gasteiger partial charge in [0.25, 0.3) is 0 Å². The Balaban J connectivity index is 2.00. The van der Waals surface area contributed by atoms with Crippen LogP contribution in [0.3, 0.4) is 0 Å². The van der Waals surface area contributed by atoms with Gasteiger partial charge in [-0.3, -0.25) is 0 Å². The zero-order chi connectivity index (χ0) is 12.5. The molecule has 17 heavy (non-hydrogen) atoms. The van der Waals surface area contributed by atoms with Gasteiger partial charge in [0, 0.05) is 16.6 Å². The molecular weight excluding hydrogens is 260 g/mol. The lowest BCUT2D eigenvalue weighted by Crippen LogP contribution is -2.16. The van der Waals surface area contributed by atoms with Crippen molar-refractivity contribution in [3.63, 3.8) is 0 Å². The third kappa shape index (κ3) is 3.69. The Morgan fingerprint density at radius 2 is 2.00 bits per heavy atom. The molecule has 1 aliphatic rings. The van der Waals surface area contributed by atoms with Gasteiger partial charge in [-0.05, 0) is 18.9 Å². The van der Waals surface area contributed by atoms with Crippen molar-refractivity contribution in [2.75, 3.05) is 12.4 Å². The lowest BCUT2D eigenvalue weighted by atomic mass is 9.96. The van der Waals surface area contributed by atoms with E-state index in [4.69, 9.17) is 15.4 Å². The Bertz CT molecular complexity index is 481. The van der Waals surface area contributed by atoms with Gasteiger partial charge in [0.1, 0.15) is 0 Å². The average Bonchev–Trinajstić information content (AvgIpc) is 2.64. The van der Waals surface area contributed by atoms with Gasteiger partial charge in [-0.15, -0.1) is 0 Å². The van der Waals surface area contributed by atoms with Crippen molar-refractivity contribution in [2.45, 2.75) is 25.4 Å². The molecule has 0 amide bonds. The van der Waals surface area contributed by atoms with Gasteiger partial charge in [0.05, 0.1) is 18.5 Å². The van der Waals surface area contributed by atoms with E-state index in [2.05, 4.69) is 24.3 Å². The number of hydrogen-bond donors (Lipinski definition) is 0. The van der Waals surface area contributed by atoms with Crippen LogP contribution >= 0.6 is 10.7 Å². The van der Waals surface area contributed by atoms with Gasteiger partial charge in [0.2, 0.25) is 9.05 Å². The second-order valence-corrected chi connectivity index (χ2v) is 7.33. The first-order valence-electron chi connectivity index (χ1n) is 5.54. The summed E-state index contributed by atoms with van der Waals surface area (Å²) in [5.74, 6) is 0.177. The molecule has 0 radical (unpaired) electrons. The first-order chi connectivity index (χ1) is 7.94. The van der Waals surface area contributed by atoms with Crippen molar-refractivity contribution in [1.82, 2.24) is 0 Å². The van der Waals surface area contributed by atoms with E-state index in [9.17, 15) is 8.42 Å². The maximum absolute atomic E-state index is 11.0. The standard InChI is InChI=1S/C12H15ClO3S/c1-9-2-4-10(5-3-9)11-6-12(16-7-11)8-17(13,14)15/h2-5,11-12H,6-8H2,1H3. The molecule has 94 valence electrons. The zero-order valence-corrected chi connectivity index (χ0v) is 11.2. The van der Waals surface area contributed by atoms with Crippen LogP contribution in [0.4, 0.5) is 0 Å². The van der Waals surface area contributed by atoms with Crippen LogP contribution in [0, 0.1) is 6.92 Å². The van der Waals surface area contributed by atoms with Crippen LogP contribution in [0.5, 0.6) is 0 Å². The predicted molar refractivity (Wildman–Crippen MR) is 67.9 cm³/mol. The van der Waals surface area contributed by atoms with Crippen LogP contribution in [-0.2, 0) is 13.8 Å². The summed E-state index contributed by atoms with van der Waals surface area (Å²) >= 11 is 0. The topological polar surface area (TPSA) is 43.4 Å². The summed E-state index contributed by atoms with van der Waals surface area (Å²) in [7, 11) is 1.75. The molecule has 0 aliphatic carbocycles. The summed E-state index contributed by atoms with van der Waals surface area (Å²) in [4.78, 5) is 0. The molecule has 0 N–H and O–H groups in total. The highest BCUT2D eigenvalue weighted by Crippen LogP contribution is 2.30. The third-order valence-electron chi connectivity index (χ3n) is 3.01. The summed E-state index contributed by atoms with van der Waals surface area (Å²) in [6.07, 6.45) is 0.443. The summed E-state index contributed by atoms with van der Waals surface area (Å²) in [6, 6.07) is 8.25. The third-order valence-corrected chi connectivity index (χ3v) is 4.16. The van der Waals surface area contributed by atoms with Crippen molar-refractivity contribution in [1.29, 1.82) is 0 Å². The minimum Gasteiger partial charge on any atom is -0.376 e. The summed E-state index contributed by atoms with van der Waals surface area (Å²) in [5, 5.41) is 0. The van der Waals surface area contributed by atoms with Crippen molar-refractivity contribution in [3.05, 3.63) is 35.4 Å². The SMILES string of the molecule is Cc1ccc(C2COC(CS(=O)(=O)Cl)C2)cc1. The van der Waals surface area contributed by atoms with Crippen LogP contribution in [0.25, 0.3) is 0 Å². The van der Waals surface area contributed by atoms with Crippen LogP contribution in [0.1, 0.15) is 23.5 Å². The lowest BCUT2D eigenvalue weighted by Gasteiger charge is -2.08. The fourth-order valence-electron chi connectivity index (χ4n) is 2.11. The van der Waals surface area contributed by atoms with Crippen LogP contribution < -0.4 is 0 Å². The minimum absolute atomic E-state index is 0.100. The molecule has 1 aliphatic heterocycles. The first kappa shape index (κ1) is 12.9. The molecule has 1 heterocycles. The van der Waals surface area contributed by atoms with E-state index in [0.717, 1.165) is 6.42 Å². The highest BCUT2D eigenvalue weighted by Gasteiger charge is 2.29. The van der Waals surface area contributed by atoms with E-state index in [1.165, 1.54) is 11.1 Å². The van der Waals surface area contributed by atoms with Crippen LogP contribution in [0.2, 0.25) is 0 Å². The van der Waals surface area contributed by atoms with Gasteiger partial charge in [-0.1, -0.05) is 29.8 Å². The fourth-order valence-corrected chi connectivity index (χ4v) is 3.21. The lowest BCUT2D eigenvalue weighted by molar-refractivity contribution is 0.126. The zero-order valence-electron chi connectivity index (χ0n) is 9.60. The molecule has 1 fully saturated rings. The molecule has 0 saturated carbocycles. The van der Waals surface area contributed by atoms with Crippen molar-refractivity contribution in [3.8, 4) is 0 Å². The van der Waals surface area contributed by atoms with Crippen molar-refractivity contribution >= 4 is 19.7 Å². The van der Waals surface area contributed by atoms with E-state index < -0.39 is 9.05 Å². The number of rotatable bonds is 3. The van der Waals surface area contributed by atoms with Crippen LogP contribution in [-0.4, -0.2) is 26.9 Å². The molecular formula is C12H15ClO3S. The molecule has 2 unspecified atom stereocenters. The Kier molecular flexibility index (Phi) is 3.76. The van der Waals surface area contributed by atoms with Gasteiger partial charge in [-0.25, -0.2) is 8.42 Å². The average molecular weight is 275 g/mol. The van der Waals surface area contributed by atoms with Crippen molar-refractivity contribution in [2.24, 2.45) is 0 Å². The molecule has 3 nitrogen and oxygen atoms in total. The van der Waals surface area contributed by atoms with Gasteiger partial charge < -0.3 is 4.74 Å². The Hall–Kier alpha value is -0.580. The Morgan fingerprint density at radius 3 is 2.59 bits per heavy atom. The molecule has 1 aromatic rings. The highest BCUT2D eigenvalue weighted by atomic mass is 35.7. The van der Waals surface area contributed by atoms with Gasteiger partial charge in [0.15, 0.2) is 0 Å². The second-order valence-electron chi connectivity index (χ2n) is 4.50. The summed E-state index contributed by atoms with van der Waals surface area (Å²) in [5.41, 5.74) is 2.41. The first-order valence-corrected chi connectivity index (χ1v) is 8.02. The molecule has 0 bridgehead atoms.